The van der Waals surface area contributed by atoms with Gasteiger partial charge >= 0.3 is 6.03 Å². The van der Waals surface area contributed by atoms with Gasteiger partial charge in [0.1, 0.15) is 6.29 Å². The highest BCUT2D eigenvalue weighted by molar-refractivity contribution is 5.92. The molecule has 2 aliphatic heterocycles. The van der Waals surface area contributed by atoms with Crippen LogP contribution in [0.25, 0.3) is 0 Å². The zero-order valence-electron chi connectivity index (χ0n) is 24.0. The molecule has 214 valence electrons. The standard InChI is InChI=1S/C28H37N3O4.C3H8O/c1-28(2,34)21-29-12-10-24(11-13-29)25-4-3-5-26(18-25)31(27(33)30-14-16-35-17-15-30)19-22-6-8-23(20-32)9-7-22;1-3-4-2/h3-9,18,20,24,34H,10-17,19,21H2,1-2H3;3H2,1-2H3. The molecule has 2 saturated heterocycles. The Morgan fingerprint density at radius 3 is 2.31 bits per heavy atom. The van der Waals surface area contributed by atoms with Crippen LogP contribution in [0.15, 0.2) is 48.5 Å². The second-order valence-corrected chi connectivity index (χ2v) is 10.9. The SMILES string of the molecule is CC(C)(O)CN1CCC(c2cccc(N(Cc3ccc(C=O)cc3)C(=O)N3CCOCC3)c2)CC1.CCOC. The maximum Gasteiger partial charge on any atom is 0.324 e. The van der Waals surface area contributed by atoms with Gasteiger partial charge in [-0.25, -0.2) is 4.79 Å². The highest BCUT2D eigenvalue weighted by atomic mass is 16.5. The van der Waals surface area contributed by atoms with Gasteiger partial charge in [0, 0.05) is 44.6 Å². The summed E-state index contributed by atoms with van der Waals surface area (Å²) in [6.07, 6.45) is 2.89. The molecule has 8 nitrogen and oxygen atoms in total. The first kappa shape index (κ1) is 30.8. The predicted molar refractivity (Wildman–Crippen MR) is 155 cm³/mol. The van der Waals surface area contributed by atoms with Gasteiger partial charge in [0.05, 0.1) is 25.4 Å². The van der Waals surface area contributed by atoms with Crippen LogP contribution in [-0.4, -0.2) is 92.5 Å². The number of nitrogens with zero attached hydrogens (tertiary/aromatic N) is 3. The number of rotatable bonds is 8. The summed E-state index contributed by atoms with van der Waals surface area (Å²) in [7, 11) is 1.68. The van der Waals surface area contributed by atoms with Crippen LogP contribution in [0.4, 0.5) is 10.5 Å². The van der Waals surface area contributed by atoms with Crippen LogP contribution in [0.5, 0.6) is 0 Å². The summed E-state index contributed by atoms with van der Waals surface area (Å²) in [5.74, 6) is 0.431. The first-order chi connectivity index (χ1) is 18.7. The molecule has 2 aliphatic rings. The fraction of sp³-hybridized carbons (Fsp3) is 0.548. The Kier molecular flexibility index (Phi) is 11.9. The number of benzene rings is 2. The molecule has 0 atom stereocenters. The molecule has 1 N–H and O–H groups in total. The van der Waals surface area contributed by atoms with E-state index in [2.05, 4.69) is 21.8 Å². The number of aliphatic hydroxyl groups is 1. The molecule has 0 aromatic heterocycles. The summed E-state index contributed by atoms with van der Waals surface area (Å²) in [4.78, 5) is 30.7. The fourth-order valence-electron chi connectivity index (χ4n) is 5.00. The number of aldehydes is 1. The quantitative estimate of drug-likeness (QED) is 0.496. The third-order valence-electron chi connectivity index (χ3n) is 7.11. The van der Waals surface area contributed by atoms with E-state index in [0.29, 0.717) is 50.9 Å². The molecule has 2 fully saturated rings. The number of hydrogen-bond acceptors (Lipinski definition) is 6. The third kappa shape index (κ3) is 9.72. The molecule has 0 bridgehead atoms. The minimum Gasteiger partial charge on any atom is -0.389 e. The number of urea groups is 1. The Morgan fingerprint density at radius 2 is 1.74 bits per heavy atom. The van der Waals surface area contributed by atoms with E-state index in [1.165, 1.54) is 5.56 Å². The molecule has 0 spiro atoms. The number of hydrogen-bond donors (Lipinski definition) is 1. The molecule has 0 unspecified atom stereocenters. The van der Waals surface area contributed by atoms with Crippen molar-refractivity contribution in [1.82, 2.24) is 9.80 Å². The number of morpholine rings is 1. The monoisotopic (exact) mass is 539 g/mol. The highest BCUT2D eigenvalue weighted by Gasteiger charge is 2.27. The Labute approximate surface area is 233 Å². The van der Waals surface area contributed by atoms with E-state index in [1.54, 1.807) is 19.2 Å². The lowest BCUT2D eigenvalue weighted by molar-refractivity contribution is 0.0282. The van der Waals surface area contributed by atoms with Gasteiger partial charge in [-0.2, -0.15) is 0 Å². The average molecular weight is 540 g/mol. The molecule has 0 radical (unpaired) electrons. The highest BCUT2D eigenvalue weighted by Crippen LogP contribution is 2.32. The molecule has 8 heteroatoms. The summed E-state index contributed by atoms with van der Waals surface area (Å²) in [6, 6.07) is 15.7. The summed E-state index contributed by atoms with van der Waals surface area (Å²) in [6.45, 7) is 11.8. The number of likely N-dealkylation sites (tertiary alicyclic amines) is 1. The molecule has 2 aromatic carbocycles. The topological polar surface area (TPSA) is 82.6 Å². The number of anilines is 1. The van der Waals surface area contributed by atoms with Crippen molar-refractivity contribution in [2.75, 3.05) is 64.6 Å². The second kappa shape index (κ2) is 15.1. The van der Waals surface area contributed by atoms with Crippen molar-refractivity contribution in [2.24, 2.45) is 0 Å². The molecule has 0 saturated carbocycles. The number of piperidine rings is 1. The van der Waals surface area contributed by atoms with Gasteiger partial charge in [-0.05, 0) is 75.9 Å². The van der Waals surface area contributed by atoms with Crippen molar-refractivity contribution in [1.29, 1.82) is 0 Å². The van der Waals surface area contributed by atoms with E-state index in [0.717, 1.165) is 50.1 Å². The number of ether oxygens (including phenoxy) is 2. The Morgan fingerprint density at radius 1 is 1.10 bits per heavy atom. The van der Waals surface area contributed by atoms with E-state index >= 15 is 0 Å². The number of methoxy groups -OCH3 is 1. The Hall–Kier alpha value is -2.78. The van der Waals surface area contributed by atoms with Crippen molar-refractivity contribution in [3.8, 4) is 0 Å². The molecular weight excluding hydrogens is 494 g/mol. The Bertz CT molecular complexity index is 1020. The second-order valence-electron chi connectivity index (χ2n) is 10.9. The predicted octanol–water partition coefficient (Wildman–Crippen LogP) is 4.56. The van der Waals surface area contributed by atoms with Gasteiger partial charge in [0.25, 0.3) is 0 Å². The summed E-state index contributed by atoms with van der Waals surface area (Å²) in [5.41, 5.74) is 3.05. The number of β-amino-alcohol motifs (C(OH)–C–C–N with tert-alkyl or cyclic N) is 1. The van der Waals surface area contributed by atoms with E-state index < -0.39 is 5.60 Å². The largest absolute Gasteiger partial charge is 0.389 e. The first-order valence-corrected chi connectivity index (χ1v) is 14.0. The van der Waals surface area contributed by atoms with Crippen LogP contribution < -0.4 is 4.90 Å². The van der Waals surface area contributed by atoms with Gasteiger partial charge in [-0.1, -0.05) is 36.4 Å². The maximum absolute atomic E-state index is 13.6. The van der Waals surface area contributed by atoms with Gasteiger partial charge in [0.2, 0.25) is 0 Å². The van der Waals surface area contributed by atoms with Crippen LogP contribution in [0.3, 0.4) is 0 Å². The van der Waals surface area contributed by atoms with Crippen molar-refractivity contribution in [3.05, 3.63) is 65.2 Å². The lowest BCUT2D eigenvalue weighted by atomic mass is 9.88. The van der Waals surface area contributed by atoms with E-state index in [-0.39, 0.29) is 6.03 Å². The van der Waals surface area contributed by atoms with Crippen molar-refractivity contribution < 1.29 is 24.2 Å². The number of carbonyl (C=O) groups excluding carboxylic acids is 2. The average Bonchev–Trinajstić information content (AvgIpc) is 2.96. The van der Waals surface area contributed by atoms with Gasteiger partial charge < -0.3 is 24.4 Å². The van der Waals surface area contributed by atoms with Crippen LogP contribution >= 0.6 is 0 Å². The molecule has 2 amide bonds. The minimum absolute atomic E-state index is 0.0232. The minimum atomic E-state index is -0.684. The zero-order chi connectivity index (χ0) is 28.3. The third-order valence-corrected chi connectivity index (χ3v) is 7.11. The van der Waals surface area contributed by atoms with Crippen molar-refractivity contribution >= 4 is 18.0 Å². The van der Waals surface area contributed by atoms with Crippen LogP contribution in [0, 0.1) is 0 Å². The van der Waals surface area contributed by atoms with Crippen molar-refractivity contribution in [2.45, 2.75) is 51.7 Å². The molecule has 4 rings (SSSR count). The van der Waals surface area contributed by atoms with E-state index in [9.17, 15) is 14.7 Å². The molecule has 0 aliphatic carbocycles. The maximum atomic E-state index is 13.6. The lowest BCUT2D eigenvalue weighted by Gasteiger charge is -2.36. The molecule has 2 aromatic rings. The summed E-state index contributed by atoms with van der Waals surface area (Å²) < 4.78 is 9.99. The molecular formula is C31H45N3O5. The fourth-order valence-corrected chi connectivity index (χ4v) is 5.00. The molecule has 39 heavy (non-hydrogen) atoms. The van der Waals surface area contributed by atoms with Gasteiger partial charge in [0.15, 0.2) is 0 Å². The molecule has 2 heterocycles. The number of amides is 2. The number of carbonyl (C=O) groups is 2. The van der Waals surface area contributed by atoms with Crippen LogP contribution in [0.2, 0.25) is 0 Å². The first-order valence-electron chi connectivity index (χ1n) is 14.0. The van der Waals surface area contributed by atoms with Gasteiger partial charge in [-0.15, -0.1) is 0 Å². The zero-order valence-corrected chi connectivity index (χ0v) is 24.0. The van der Waals surface area contributed by atoms with E-state index in [4.69, 9.17) is 4.74 Å². The summed E-state index contributed by atoms with van der Waals surface area (Å²) >= 11 is 0. The van der Waals surface area contributed by atoms with E-state index in [1.807, 2.05) is 54.8 Å². The smallest absolute Gasteiger partial charge is 0.324 e. The van der Waals surface area contributed by atoms with Crippen molar-refractivity contribution in [3.63, 3.8) is 0 Å². The van der Waals surface area contributed by atoms with Crippen LogP contribution in [0.1, 0.15) is 61.0 Å². The van der Waals surface area contributed by atoms with Crippen LogP contribution in [-0.2, 0) is 16.0 Å². The van der Waals surface area contributed by atoms with Gasteiger partial charge in [-0.3, -0.25) is 9.69 Å². The summed E-state index contributed by atoms with van der Waals surface area (Å²) in [5, 5.41) is 10.2. The Balaban J connectivity index is 0.000000983. The lowest BCUT2D eigenvalue weighted by Crippen LogP contribution is -2.48. The normalized spacial score (nSPS) is 16.8.